The van der Waals surface area contributed by atoms with Crippen LogP contribution in [0.4, 0.5) is 0 Å². The third kappa shape index (κ3) is 3.56. The van der Waals surface area contributed by atoms with Gasteiger partial charge in [-0.05, 0) is 110 Å². The van der Waals surface area contributed by atoms with Gasteiger partial charge < -0.3 is 0 Å². The highest BCUT2D eigenvalue weighted by atomic mass is 14.2. The second kappa shape index (κ2) is 9.76. The molecule has 0 amide bonds. The summed E-state index contributed by atoms with van der Waals surface area (Å²) in [6, 6.07) is 62.8. The van der Waals surface area contributed by atoms with E-state index in [4.69, 9.17) is 0 Å². The lowest BCUT2D eigenvalue weighted by Crippen LogP contribution is -1.93. The summed E-state index contributed by atoms with van der Waals surface area (Å²) in [6.07, 6.45) is 0. The maximum absolute atomic E-state index is 2.48. The predicted octanol–water partition coefficient (Wildman–Crippen LogP) is 13.1. The zero-order chi connectivity index (χ0) is 30.2. The summed E-state index contributed by atoms with van der Waals surface area (Å²) in [5.41, 5.74) is 5.12. The molecule has 0 bridgehead atoms. The number of rotatable bonds is 2. The first-order chi connectivity index (χ1) is 22.8. The molecule has 0 heteroatoms. The number of fused-ring (bicyclic) bond motifs is 11. The van der Waals surface area contributed by atoms with E-state index in [0.717, 1.165) is 0 Å². The van der Waals surface area contributed by atoms with Crippen LogP contribution in [0.25, 0.3) is 97.7 Å². The van der Waals surface area contributed by atoms with Gasteiger partial charge in [-0.1, -0.05) is 158 Å². The standard InChI is InChI=1S/C46H28/c1-2-14-30-27-31(26-25-29(30)13-1)44-38-21-9-11-23-40(38)46(41-24-12-10-22-39(41)44)43-28-42-34-17-4-3-15-32(34)33-16-5-7-19-36(33)45(42)37-20-8-6-18-35(37)43/h1-28H. The maximum atomic E-state index is 2.48. The van der Waals surface area contributed by atoms with Crippen molar-refractivity contribution in [3.63, 3.8) is 0 Å². The van der Waals surface area contributed by atoms with Gasteiger partial charge in [0.2, 0.25) is 0 Å². The molecule has 10 aromatic carbocycles. The van der Waals surface area contributed by atoms with Crippen LogP contribution in [-0.2, 0) is 0 Å². The molecule has 0 saturated carbocycles. The van der Waals surface area contributed by atoms with Crippen LogP contribution in [0.3, 0.4) is 0 Å². The van der Waals surface area contributed by atoms with E-state index in [1.54, 1.807) is 0 Å². The van der Waals surface area contributed by atoms with Crippen LogP contribution in [0, 0.1) is 0 Å². The molecule has 0 aliphatic carbocycles. The van der Waals surface area contributed by atoms with Gasteiger partial charge in [0, 0.05) is 0 Å². The van der Waals surface area contributed by atoms with Crippen molar-refractivity contribution in [3.05, 3.63) is 170 Å². The van der Waals surface area contributed by atoms with E-state index >= 15 is 0 Å². The Bertz CT molecular complexity index is 2800. The van der Waals surface area contributed by atoms with Gasteiger partial charge in [0.05, 0.1) is 0 Å². The third-order valence-corrected chi connectivity index (χ3v) is 9.99. The van der Waals surface area contributed by atoms with Gasteiger partial charge in [0.1, 0.15) is 0 Å². The molecule has 0 radical (unpaired) electrons. The fourth-order valence-corrected chi connectivity index (χ4v) is 8.05. The van der Waals surface area contributed by atoms with Crippen LogP contribution in [0.5, 0.6) is 0 Å². The van der Waals surface area contributed by atoms with Crippen molar-refractivity contribution in [2.24, 2.45) is 0 Å². The average molecular weight is 581 g/mol. The second-order valence-corrected chi connectivity index (χ2v) is 12.4. The Morgan fingerprint density at radius 2 is 0.652 bits per heavy atom. The molecule has 0 aromatic heterocycles. The molecule has 10 rings (SSSR count). The lowest BCUT2D eigenvalue weighted by Gasteiger charge is -2.21. The Balaban J connectivity index is 1.40. The van der Waals surface area contributed by atoms with E-state index in [1.807, 2.05) is 0 Å². The van der Waals surface area contributed by atoms with Crippen molar-refractivity contribution in [2.75, 3.05) is 0 Å². The number of benzene rings is 10. The van der Waals surface area contributed by atoms with Crippen LogP contribution < -0.4 is 0 Å². The summed E-state index contributed by atoms with van der Waals surface area (Å²) in [5.74, 6) is 0. The minimum Gasteiger partial charge on any atom is -0.0616 e. The molecule has 0 fully saturated rings. The summed E-state index contributed by atoms with van der Waals surface area (Å²) in [4.78, 5) is 0. The molecule has 0 aliphatic rings. The highest BCUT2D eigenvalue weighted by molar-refractivity contribution is 6.34. The Labute approximate surface area is 266 Å². The first-order valence-corrected chi connectivity index (χ1v) is 16.0. The van der Waals surface area contributed by atoms with Crippen molar-refractivity contribution in [3.8, 4) is 22.3 Å². The van der Waals surface area contributed by atoms with Gasteiger partial charge in [-0.15, -0.1) is 0 Å². The summed E-state index contributed by atoms with van der Waals surface area (Å²) in [7, 11) is 0. The molecule has 212 valence electrons. The first kappa shape index (κ1) is 25.4. The van der Waals surface area contributed by atoms with Crippen LogP contribution >= 0.6 is 0 Å². The van der Waals surface area contributed by atoms with Gasteiger partial charge >= 0.3 is 0 Å². The smallest absolute Gasteiger partial charge is 0.00199 e. The van der Waals surface area contributed by atoms with Crippen molar-refractivity contribution < 1.29 is 0 Å². The predicted molar refractivity (Wildman–Crippen MR) is 200 cm³/mol. The number of hydrogen-bond acceptors (Lipinski definition) is 0. The van der Waals surface area contributed by atoms with E-state index in [-0.39, 0.29) is 0 Å². The molecule has 0 N–H and O–H groups in total. The lowest BCUT2D eigenvalue weighted by molar-refractivity contribution is 1.69. The zero-order valence-corrected chi connectivity index (χ0v) is 25.2. The molecule has 0 nitrogen and oxygen atoms in total. The first-order valence-electron chi connectivity index (χ1n) is 16.0. The van der Waals surface area contributed by atoms with E-state index < -0.39 is 0 Å². The number of hydrogen-bond donors (Lipinski definition) is 0. The molecule has 0 aliphatic heterocycles. The molecule has 10 aromatic rings. The second-order valence-electron chi connectivity index (χ2n) is 12.4. The molecular formula is C46H28. The average Bonchev–Trinajstić information content (AvgIpc) is 3.13. The fraction of sp³-hybridized carbons (Fsp3) is 0. The maximum Gasteiger partial charge on any atom is -0.00199 e. The van der Waals surface area contributed by atoms with Crippen molar-refractivity contribution in [2.45, 2.75) is 0 Å². The summed E-state index contributed by atoms with van der Waals surface area (Å²) < 4.78 is 0. The Morgan fingerprint density at radius 1 is 0.239 bits per heavy atom. The molecule has 0 saturated heterocycles. The minimum atomic E-state index is 1.25. The fourth-order valence-electron chi connectivity index (χ4n) is 8.05. The van der Waals surface area contributed by atoms with E-state index in [1.165, 1.54) is 97.7 Å². The van der Waals surface area contributed by atoms with E-state index in [2.05, 4.69) is 170 Å². The SMILES string of the molecule is c1ccc2cc(-c3c4ccccc4c(-c4cc5c6ccccc6c6ccccc6c5c5ccccc45)c4ccccc34)ccc2c1. The molecular weight excluding hydrogens is 553 g/mol. The molecule has 0 unspecified atom stereocenters. The molecule has 46 heavy (non-hydrogen) atoms. The van der Waals surface area contributed by atoms with Gasteiger partial charge in [0.25, 0.3) is 0 Å². The van der Waals surface area contributed by atoms with Gasteiger partial charge in [0.15, 0.2) is 0 Å². The molecule has 0 spiro atoms. The Morgan fingerprint density at radius 3 is 1.26 bits per heavy atom. The highest BCUT2D eigenvalue weighted by Crippen LogP contribution is 2.48. The normalized spacial score (nSPS) is 11.9. The topological polar surface area (TPSA) is 0 Å². The molecule has 0 heterocycles. The highest BCUT2D eigenvalue weighted by Gasteiger charge is 2.20. The van der Waals surface area contributed by atoms with Crippen LogP contribution in [-0.4, -0.2) is 0 Å². The summed E-state index contributed by atoms with van der Waals surface area (Å²) >= 11 is 0. The van der Waals surface area contributed by atoms with Gasteiger partial charge in [-0.2, -0.15) is 0 Å². The third-order valence-electron chi connectivity index (χ3n) is 9.99. The Hall–Kier alpha value is -5.98. The van der Waals surface area contributed by atoms with Gasteiger partial charge in [-0.3, -0.25) is 0 Å². The minimum absolute atomic E-state index is 1.25. The lowest BCUT2D eigenvalue weighted by atomic mass is 9.82. The van der Waals surface area contributed by atoms with Crippen molar-refractivity contribution >= 4 is 75.4 Å². The van der Waals surface area contributed by atoms with E-state index in [9.17, 15) is 0 Å². The van der Waals surface area contributed by atoms with Crippen LogP contribution in [0.1, 0.15) is 0 Å². The Kier molecular flexibility index (Phi) is 5.38. The quantitative estimate of drug-likeness (QED) is 0.141. The zero-order valence-electron chi connectivity index (χ0n) is 25.2. The largest absolute Gasteiger partial charge is 0.0616 e. The van der Waals surface area contributed by atoms with Crippen molar-refractivity contribution in [1.82, 2.24) is 0 Å². The summed E-state index contributed by atoms with van der Waals surface area (Å²) in [6.45, 7) is 0. The monoisotopic (exact) mass is 580 g/mol. The van der Waals surface area contributed by atoms with Crippen molar-refractivity contribution in [1.29, 1.82) is 0 Å². The van der Waals surface area contributed by atoms with Crippen LogP contribution in [0.2, 0.25) is 0 Å². The van der Waals surface area contributed by atoms with E-state index in [0.29, 0.717) is 0 Å². The van der Waals surface area contributed by atoms with Gasteiger partial charge in [-0.25, -0.2) is 0 Å². The summed E-state index contributed by atoms with van der Waals surface area (Å²) in [5, 5.41) is 18.0. The molecule has 0 atom stereocenters. The van der Waals surface area contributed by atoms with Crippen LogP contribution in [0.15, 0.2) is 170 Å².